The van der Waals surface area contributed by atoms with E-state index >= 15 is 0 Å². The second-order valence-electron chi connectivity index (χ2n) is 6.22. The molecule has 7 nitrogen and oxygen atoms in total. The third kappa shape index (κ3) is 3.26. The first-order valence-electron chi connectivity index (χ1n) is 8.02. The van der Waals surface area contributed by atoms with Gasteiger partial charge in [-0.3, -0.25) is 4.79 Å². The van der Waals surface area contributed by atoms with E-state index in [1.54, 1.807) is 17.2 Å². The molecule has 1 aliphatic heterocycles. The first-order chi connectivity index (χ1) is 11.9. The summed E-state index contributed by atoms with van der Waals surface area (Å²) in [6, 6.07) is 8.77. The van der Waals surface area contributed by atoms with Gasteiger partial charge in [-0.05, 0) is 48.7 Å². The van der Waals surface area contributed by atoms with Crippen LogP contribution in [-0.4, -0.2) is 28.1 Å². The topological polar surface area (TPSA) is 109 Å². The number of amides is 2. The third-order valence-corrected chi connectivity index (χ3v) is 4.44. The monoisotopic (exact) mass is 340 g/mol. The Morgan fingerprint density at radius 3 is 2.60 bits per heavy atom. The van der Waals surface area contributed by atoms with Crippen molar-refractivity contribution in [3.8, 4) is 11.1 Å². The van der Waals surface area contributed by atoms with E-state index in [4.69, 9.17) is 10.8 Å². The van der Waals surface area contributed by atoms with Gasteiger partial charge in [0, 0.05) is 30.4 Å². The number of carbonyl (C=O) groups is 2. The van der Waals surface area contributed by atoms with Crippen LogP contribution in [0.25, 0.3) is 11.1 Å². The van der Waals surface area contributed by atoms with Gasteiger partial charge in [-0.1, -0.05) is 6.07 Å². The maximum atomic E-state index is 12.1. The maximum absolute atomic E-state index is 12.1. The van der Waals surface area contributed by atoms with Crippen LogP contribution in [-0.2, 0) is 4.79 Å². The van der Waals surface area contributed by atoms with E-state index in [-0.39, 0.29) is 18.0 Å². The van der Waals surface area contributed by atoms with E-state index in [1.807, 2.05) is 31.2 Å². The van der Waals surface area contributed by atoms with Crippen molar-refractivity contribution in [2.75, 3.05) is 10.6 Å². The van der Waals surface area contributed by atoms with E-state index in [2.05, 4.69) is 10.3 Å². The summed E-state index contributed by atoms with van der Waals surface area (Å²) in [5.41, 5.74) is 8.91. The highest BCUT2D eigenvalue weighted by Gasteiger charge is 2.33. The predicted molar refractivity (Wildman–Crippen MR) is 95.2 cm³/mol. The number of nitrogen functional groups attached to an aromatic ring is 1. The van der Waals surface area contributed by atoms with Crippen LogP contribution < -0.4 is 16.0 Å². The highest BCUT2D eigenvalue weighted by molar-refractivity contribution is 5.94. The molecule has 1 aromatic heterocycles. The van der Waals surface area contributed by atoms with Crippen LogP contribution in [0.5, 0.6) is 0 Å². The van der Waals surface area contributed by atoms with Crippen molar-refractivity contribution >= 4 is 23.5 Å². The molecule has 0 saturated heterocycles. The Labute approximate surface area is 145 Å². The Morgan fingerprint density at radius 1 is 1.28 bits per heavy atom. The zero-order valence-electron chi connectivity index (χ0n) is 14.1. The largest absolute Gasteiger partial charge is 0.465 e. The van der Waals surface area contributed by atoms with Gasteiger partial charge in [0.2, 0.25) is 5.91 Å². The number of carbonyl (C=O) groups excluding carboxylic acids is 1. The van der Waals surface area contributed by atoms with Gasteiger partial charge in [0.25, 0.3) is 0 Å². The lowest BCUT2D eigenvalue weighted by atomic mass is 9.89. The lowest BCUT2D eigenvalue weighted by Gasteiger charge is -2.39. The molecule has 0 radical (unpaired) electrons. The molecule has 2 heterocycles. The molecule has 7 heteroatoms. The van der Waals surface area contributed by atoms with Crippen LogP contribution in [0.1, 0.15) is 31.9 Å². The smallest absolute Gasteiger partial charge is 0.405 e. The number of rotatable bonds is 2. The Kier molecular flexibility index (Phi) is 4.31. The average Bonchev–Trinajstić information content (AvgIpc) is 2.54. The molecule has 2 amide bonds. The lowest BCUT2D eigenvalue weighted by molar-refractivity contribution is -0.117. The van der Waals surface area contributed by atoms with Gasteiger partial charge in [0.05, 0.1) is 6.04 Å². The average molecular weight is 340 g/mol. The molecule has 25 heavy (non-hydrogen) atoms. The number of pyridine rings is 1. The molecule has 0 bridgehead atoms. The Balaban J connectivity index is 2.09. The molecular weight excluding hydrogens is 320 g/mol. The molecular formula is C18H20N4O3. The molecule has 0 unspecified atom stereocenters. The van der Waals surface area contributed by atoms with Gasteiger partial charge in [-0.25, -0.2) is 9.78 Å². The standard InChI is InChI=1S/C18H20N4O3/c1-10-7-15(21-18(24)25)14-8-12(13-4-6-17(19)20-9-13)3-5-16(14)22(10)11(2)23/h3-6,8-10,15,21H,7H2,1-2H3,(H2,19,20)(H,24,25)/t10-,15+/m1/s1. The lowest BCUT2D eigenvalue weighted by Crippen LogP contribution is -2.45. The van der Waals surface area contributed by atoms with E-state index < -0.39 is 6.09 Å². The van der Waals surface area contributed by atoms with Crippen LogP contribution in [0.15, 0.2) is 36.5 Å². The summed E-state index contributed by atoms with van der Waals surface area (Å²) in [7, 11) is 0. The number of nitrogens with one attached hydrogen (secondary N) is 1. The quantitative estimate of drug-likeness (QED) is 0.779. The van der Waals surface area contributed by atoms with E-state index in [1.165, 1.54) is 6.92 Å². The number of carboxylic acid groups (broad SMARTS) is 1. The summed E-state index contributed by atoms with van der Waals surface area (Å²) in [4.78, 5) is 29.0. The van der Waals surface area contributed by atoms with Gasteiger partial charge < -0.3 is 21.1 Å². The summed E-state index contributed by atoms with van der Waals surface area (Å²) in [6.45, 7) is 3.43. The van der Waals surface area contributed by atoms with E-state index in [9.17, 15) is 9.59 Å². The number of anilines is 2. The Morgan fingerprint density at radius 2 is 2.00 bits per heavy atom. The minimum Gasteiger partial charge on any atom is -0.465 e. The van der Waals surface area contributed by atoms with Crippen LogP contribution in [0, 0.1) is 0 Å². The minimum absolute atomic E-state index is 0.0653. The Bertz CT molecular complexity index is 820. The summed E-state index contributed by atoms with van der Waals surface area (Å²) in [5, 5.41) is 11.7. The van der Waals surface area contributed by atoms with Gasteiger partial charge in [0.1, 0.15) is 5.82 Å². The van der Waals surface area contributed by atoms with Crippen molar-refractivity contribution in [1.82, 2.24) is 10.3 Å². The van der Waals surface area contributed by atoms with Crippen LogP contribution in [0.4, 0.5) is 16.3 Å². The third-order valence-electron chi connectivity index (χ3n) is 4.44. The molecule has 0 saturated carbocycles. The van der Waals surface area contributed by atoms with Gasteiger partial charge in [-0.15, -0.1) is 0 Å². The number of aromatic nitrogens is 1. The van der Waals surface area contributed by atoms with Crippen molar-refractivity contribution in [3.05, 3.63) is 42.1 Å². The second-order valence-corrected chi connectivity index (χ2v) is 6.22. The van der Waals surface area contributed by atoms with Gasteiger partial charge in [-0.2, -0.15) is 0 Å². The number of hydrogen-bond acceptors (Lipinski definition) is 4. The second kappa shape index (κ2) is 6.43. The highest BCUT2D eigenvalue weighted by atomic mass is 16.4. The highest BCUT2D eigenvalue weighted by Crippen LogP contribution is 2.39. The zero-order valence-corrected chi connectivity index (χ0v) is 14.1. The van der Waals surface area contributed by atoms with Crippen molar-refractivity contribution in [2.24, 2.45) is 0 Å². The van der Waals surface area contributed by atoms with Gasteiger partial charge in [0.15, 0.2) is 0 Å². The van der Waals surface area contributed by atoms with Crippen LogP contribution >= 0.6 is 0 Å². The predicted octanol–water partition coefficient (Wildman–Crippen LogP) is 2.78. The summed E-state index contributed by atoms with van der Waals surface area (Å²) in [6.07, 6.45) is 1.10. The number of hydrogen-bond donors (Lipinski definition) is 3. The molecule has 0 spiro atoms. The summed E-state index contributed by atoms with van der Waals surface area (Å²) < 4.78 is 0. The van der Waals surface area contributed by atoms with Crippen LogP contribution in [0.2, 0.25) is 0 Å². The number of nitrogens with zero attached hydrogens (tertiary/aromatic N) is 2. The maximum Gasteiger partial charge on any atom is 0.405 e. The van der Waals surface area contributed by atoms with Crippen LogP contribution in [0.3, 0.4) is 0 Å². The normalized spacial score (nSPS) is 19.2. The molecule has 1 aliphatic rings. The summed E-state index contributed by atoms with van der Waals surface area (Å²) in [5.74, 6) is 0.369. The van der Waals surface area contributed by atoms with Crippen molar-refractivity contribution in [3.63, 3.8) is 0 Å². The molecule has 2 aromatic rings. The fraction of sp³-hybridized carbons (Fsp3) is 0.278. The summed E-state index contributed by atoms with van der Waals surface area (Å²) >= 11 is 0. The van der Waals surface area contributed by atoms with Crippen molar-refractivity contribution < 1.29 is 14.7 Å². The molecule has 2 atom stereocenters. The SMILES string of the molecule is CC(=O)N1c2ccc(-c3ccc(N)nc3)cc2[C@@H](NC(=O)O)C[C@H]1C. The Hall–Kier alpha value is -3.09. The van der Waals surface area contributed by atoms with Crippen molar-refractivity contribution in [2.45, 2.75) is 32.4 Å². The molecule has 0 fully saturated rings. The number of benzene rings is 1. The molecule has 3 rings (SSSR count). The fourth-order valence-electron chi connectivity index (χ4n) is 3.39. The molecule has 4 N–H and O–H groups in total. The molecule has 130 valence electrons. The van der Waals surface area contributed by atoms with E-state index in [0.717, 1.165) is 22.4 Å². The van der Waals surface area contributed by atoms with E-state index in [0.29, 0.717) is 12.2 Å². The first-order valence-corrected chi connectivity index (χ1v) is 8.02. The minimum atomic E-state index is -1.08. The molecule has 0 aliphatic carbocycles. The first kappa shape index (κ1) is 16.8. The fourth-order valence-corrected chi connectivity index (χ4v) is 3.39. The van der Waals surface area contributed by atoms with Gasteiger partial charge >= 0.3 is 6.09 Å². The number of fused-ring (bicyclic) bond motifs is 1. The zero-order chi connectivity index (χ0) is 18.1. The number of nitrogens with two attached hydrogens (primary N) is 1. The molecule has 1 aromatic carbocycles. The van der Waals surface area contributed by atoms with Crippen molar-refractivity contribution in [1.29, 1.82) is 0 Å².